The average Bonchev–Trinajstić information content (AvgIpc) is 2.47. The Morgan fingerprint density at radius 2 is 1.86 bits per heavy atom. The molecule has 7 heteroatoms. The molecule has 0 aliphatic carbocycles. The summed E-state index contributed by atoms with van der Waals surface area (Å²) in [5.74, 6) is -0.615. The Hall–Kier alpha value is -2.28. The zero-order valence-electron chi connectivity index (χ0n) is 11.5. The number of aliphatic carboxylic acids is 1. The SMILES string of the molecule is O=C(O)COc1ccc(NC(=O)N2CCC(O)CC2)cc1. The van der Waals surface area contributed by atoms with Crippen LogP contribution in [0.5, 0.6) is 5.75 Å². The Morgan fingerprint density at radius 1 is 1.24 bits per heavy atom. The standard InChI is InChI=1S/C14H18N2O5/c17-11-5-7-16(8-6-11)14(20)15-10-1-3-12(4-2-10)21-9-13(18)19/h1-4,11,17H,5-9H2,(H,15,20)(H,18,19). The van der Waals surface area contributed by atoms with Crippen molar-refractivity contribution in [2.75, 3.05) is 25.0 Å². The van der Waals surface area contributed by atoms with Gasteiger partial charge >= 0.3 is 12.0 Å². The van der Waals surface area contributed by atoms with Gasteiger partial charge in [-0.15, -0.1) is 0 Å². The maximum Gasteiger partial charge on any atom is 0.341 e. The van der Waals surface area contributed by atoms with E-state index in [1.807, 2.05) is 0 Å². The molecule has 0 bridgehead atoms. The van der Waals surface area contributed by atoms with E-state index in [9.17, 15) is 14.7 Å². The van der Waals surface area contributed by atoms with E-state index in [0.29, 0.717) is 37.4 Å². The van der Waals surface area contributed by atoms with Gasteiger partial charge in [-0.05, 0) is 37.1 Å². The molecule has 0 spiro atoms. The largest absolute Gasteiger partial charge is 0.482 e. The van der Waals surface area contributed by atoms with Crippen molar-refractivity contribution in [2.45, 2.75) is 18.9 Å². The predicted octanol–water partition coefficient (Wildman–Crippen LogP) is 1.14. The highest BCUT2D eigenvalue weighted by atomic mass is 16.5. The molecule has 1 aliphatic rings. The lowest BCUT2D eigenvalue weighted by Gasteiger charge is -2.29. The van der Waals surface area contributed by atoms with Crippen LogP contribution < -0.4 is 10.1 Å². The molecule has 114 valence electrons. The third kappa shape index (κ3) is 4.64. The van der Waals surface area contributed by atoms with Gasteiger partial charge in [-0.3, -0.25) is 0 Å². The van der Waals surface area contributed by atoms with Gasteiger partial charge < -0.3 is 25.2 Å². The number of nitrogens with zero attached hydrogens (tertiary/aromatic N) is 1. The first kappa shape index (κ1) is 15.1. The number of urea groups is 1. The minimum absolute atomic E-state index is 0.207. The molecule has 0 radical (unpaired) electrons. The fourth-order valence-electron chi connectivity index (χ4n) is 2.05. The second kappa shape index (κ2) is 6.94. The average molecular weight is 294 g/mol. The molecular weight excluding hydrogens is 276 g/mol. The summed E-state index contributed by atoms with van der Waals surface area (Å²) in [5, 5.41) is 20.7. The summed E-state index contributed by atoms with van der Waals surface area (Å²) in [5.41, 5.74) is 0.605. The van der Waals surface area contributed by atoms with Crippen molar-refractivity contribution in [1.29, 1.82) is 0 Å². The number of piperidine rings is 1. The minimum atomic E-state index is -1.04. The summed E-state index contributed by atoms with van der Waals surface area (Å²) in [6.07, 6.45) is 0.866. The van der Waals surface area contributed by atoms with E-state index in [2.05, 4.69) is 5.32 Å². The van der Waals surface area contributed by atoms with E-state index in [-0.39, 0.29) is 12.1 Å². The van der Waals surface area contributed by atoms with E-state index in [1.165, 1.54) is 0 Å². The first-order valence-corrected chi connectivity index (χ1v) is 6.73. The lowest BCUT2D eigenvalue weighted by Crippen LogP contribution is -2.42. The van der Waals surface area contributed by atoms with Crippen molar-refractivity contribution in [3.05, 3.63) is 24.3 Å². The van der Waals surface area contributed by atoms with E-state index < -0.39 is 12.6 Å². The number of carbonyl (C=O) groups excluding carboxylic acids is 1. The van der Waals surface area contributed by atoms with Crippen LogP contribution in [-0.2, 0) is 4.79 Å². The fourth-order valence-corrected chi connectivity index (χ4v) is 2.05. The smallest absolute Gasteiger partial charge is 0.341 e. The number of aliphatic hydroxyl groups is 1. The summed E-state index contributed by atoms with van der Waals surface area (Å²) in [6.45, 7) is 0.668. The molecule has 1 aliphatic heterocycles. The molecule has 2 rings (SSSR count). The van der Waals surface area contributed by atoms with Crippen molar-refractivity contribution in [2.24, 2.45) is 0 Å². The second-order valence-corrected chi connectivity index (χ2v) is 4.86. The maximum atomic E-state index is 12.0. The van der Waals surface area contributed by atoms with Crippen molar-refractivity contribution in [3.8, 4) is 5.75 Å². The number of carboxylic acids is 1. The molecule has 1 saturated heterocycles. The molecular formula is C14H18N2O5. The molecule has 7 nitrogen and oxygen atoms in total. The van der Waals surface area contributed by atoms with Crippen molar-refractivity contribution >= 4 is 17.7 Å². The van der Waals surface area contributed by atoms with E-state index >= 15 is 0 Å². The lowest BCUT2D eigenvalue weighted by atomic mass is 10.1. The van der Waals surface area contributed by atoms with E-state index in [4.69, 9.17) is 9.84 Å². The molecule has 1 aromatic carbocycles. The van der Waals surface area contributed by atoms with Gasteiger partial charge in [0.05, 0.1) is 6.10 Å². The van der Waals surface area contributed by atoms with Crippen molar-refractivity contribution in [1.82, 2.24) is 4.90 Å². The van der Waals surface area contributed by atoms with Crippen LogP contribution in [-0.4, -0.2) is 52.9 Å². The number of benzene rings is 1. The molecule has 3 N–H and O–H groups in total. The zero-order chi connectivity index (χ0) is 15.2. The number of carbonyl (C=O) groups is 2. The van der Waals surface area contributed by atoms with Crippen LogP contribution in [0.4, 0.5) is 10.5 Å². The second-order valence-electron chi connectivity index (χ2n) is 4.86. The number of amides is 2. The maximum absolute atomic E-state index is 12.0. The van der Waals surface area contributed by atoms with Gasteiger partial charge in [0.25, 0.3) is 0 Å². The highest BCUT2D eigenvalue weighted by Gasteiger charge is 2.21. The van der Waals surface area contributed by atoms with Crippen molar-refractivity contribution < 1.29 is 24.5 Å². The molecule has 1 fully saturated rings. The molecule has 0 unspecified atom stereocenters. The number of carboxylic acid groups (broad SMARTS) is 1. The number of hydrogen-bond donors (Lipinski definition) is 3. The topological polar surface area (TPSA) is 99.1 Å². The number of anilines is 1. The highest BCUT2D eigenvalue weighted by molar-refractivity contribution is 5.89. The molecule has 2 amide bonds. The van der Waals surface area contributed by atoms with Gasteiger partial charge in [0.15, 0.2) is 6.61 Å². The molecule has 0 atom stereocenters. The van der Waals surface area contributed by atoms with Gasteiger partial charge in [0.2, 0.25) is 0 Å². The van der Waals surface area contributed by atoms with Gasteiger partial charge in [-0.1, -0.05) is 0 Å². The summed E-state index contributed by atoms with van der Waals surface area (Å²) in [7, 11) is 0. The van der Waals surface area contributed by atoms with Crippen LogP contribution in [0, 0.1) is 0 Å². The Bertz CT molecular complexity index is 495. The normalized spacial score (nSPS) is 15.6. The summed E-state index contributed by atoms with van der Waals surface area (Å²) >= 11 is 0. The van der Waals surface area contributed by atoms with E-state index in [0.717, 1.165) is 0 Å². The fraction of sp³-hybridized carbons (Fsp3) is 0.429. The van der Waals surface area contributed by atoms with E-state index in [1.54, 1.807) is 29.2 Å². The van der Waals surface area contributed by atoms with Gasteiger partial charge in [-0.2, -0.15) is 0 Å². The van der Waals surface area contributed by atoms with Crippen molar-refractivity contribution in [3.63, 3.8) is 0 Å². The molecule has 1 heterocycles. The van der Waals surface area contributed by atoms with Crippen LogP contribution in [0.2, 0.25) is 0 Å². The number of rotatable bonds is 4. The number of nitrogens with one attached hydrogen (secondary N) is 1. The molecule has 0 saturated carbocycles. The molecule has 0 aromatic heterocycles. The number of ether oxygens (including phenoxy) is 1. The zero-order valence-corrected chi connectivity index (χ0v) is 11.5. The summed E-state index contributed by atoms with van der Waals surface area (Å²) in [6, 6.07) is 6.28. The Labute approximate surface area is 122 Å². The lowest BCUT2D eigenvalue weighted by molar-refractivity contribution is -0.139. The summed E-state index contributed by atoms with van der Waals surface area (Å²) in [4.78, 5) is 24.0. The minimum Gasteiger partial charge on any atom is -0.482 e. The van der Waals surface area contributed by atoms with Crippen LogP contribution in [0.25, 0.3) is 0 Å². The number of likely N-dealkylation sites (tertiary alicyclic amines) is 1. The molecule has 21 heavy (non-hydrogen) atoms. The quantitative estimate of drug-likeness (QED) is 0.773. The summed E-state index contributed by atoms with van der Waals surface area (Å²) < 4.78 is 5.01. The Kier molecular flexibility index (Phi) is 4.99. The number of aliphatic hydroxyl groups excluding tert-OH is 1. The Morgan fingerprint density at radius 3 is 2.43 bits per heavy atom. The van der Waals surface area contributed by atoms with Gasteiger partial charge in [0.1, 0.15) is 5.75 Å². The third-order valence-electron chi connectivity index (χ3n) is 3.22. The van der Waals surface area contributed by atoms with Gasteiger partial charge in [-0.25, -0.2) is 9.59 Å². The number of hydrogen-bond acceptors (Lipinski definition) is 4. The van der Waals surface area contributed by atoms with Crippen LogP contribution >= 0.6 is 0 Å². The monoisotopic (exact) mass is 294 g/mol. The van der Waals surface area contributed by atoms with Gasteiger partial charge in [0, 0.05) is 18.8 Å². The Balaban J connectivity index is 1.85. The first-order chi connectivity index (χ1) is 10.0. The highest BCUT2D eigenvalue weighted by Crippen LogP contribution is 2.17. The molecule has 1 aromatic rings. The third-order valence-corrected chi connectivity index (χ3v) is 3.22. The first-order valence-electron chi connectivity index (χ1n) is 6.73. The predicted molar refractivity (Wildman–Crippen MR) is 75.4 cm³/mol. The van der Waals surface area contributed by atoms with Crippen LogP contribution in [0.1, 0.15) is 12.8 Å². The van der Waals surface area contributed by atoms with Crippen LogP contribution in [0.15, 0.2) is 24.3 Å². The van der Waals surface area contributed by atoms with Crippen LogP contribution in [0.3, 0.4) is 0 Å².